The van der Waals surface area contributed by atoms with Crippen molar-refractivity contribution in [2.75, 3.05) is 6.61 Å². The van der Waals surface area contributed by atoms with Crippen LogP contribution in [0.2, 0.25) is 5.02 Å². The number of hydrogen-bond acceptors (Lipinski definition) is 3. The lowest BCUT2D eigenvalue weighted by atomic mass is 10.1. The van der Waals surface area contributed by atoms with Crippen LogP contribution < -0.4 is 10.2 Å². The number of allylic oxidation sites excluding steroid dienone is 1. The number of rotatable bonds is 3. The lowest BCUT2D eigenvalue weighted by molar-refractivity contribution is 0.0963. The first-order chi connectivity index (χ1) is 12.0. The summed E-state index contributed by atoms with van der Waals surface area (Å²) in [5.41, 5.74) is 2.45. The number of pyridine rings is 1. The molecule has 0 radical (unpaired) electrons. The second kappa shape index (κ2) is 7.53. The highest BCUT2D eigenvalue weighted by atomic mass is 35.5. The van der Waals surface area contributed by atoms with Gasteiger partial charge in [0.15, 0.2) is 0 Å². The molecule has 25 heavy (non-hydrogen) atoms. The van der Waals surface area contributed by atoms with E-state index < -0.39 is 0 Å². The van der Waals surface area contributed by atoms with Crippen LogP contribution >= 0.6 is 11.6 Å². The van der Waals surface area contributed by atoms with Crippen molar-refractivity contribution in [1.82, 2.24) is 4.57 Å². The van der Waals surface area contributed by atoms with Gasteiger partial charge in [0, 0.05) is 28.9 Å². The van der Waals surface area contributed by atoms with Crippen molar-refractivity contribution in [2.24, 2.45) is 4.99 Å². The number of ether oxygens (including phenoxy) is 1. The zero-order valence-electron chi connectivity index (χ0n) is 14.1. The molecule has 0 N–H and O–H groups in total. The van der Waals surface area contributed by atoms with Crippen LogP contribution in [0.1, 0.15) is 24.2 Å². The van der Waals surface area contributed by atoms with Crippen molar-refractivity contribution in [3.63, 3.8) is 0 Å². The minimum atomic E-state index is -0.155. The van der Waals surface area contributed by atoms with Crippen molar-refractivity contribution in [1.29, 1.82) is 0 Å². The maximum absolute atomic E-state index is 12.5. The van der Waals surface area contributed by atoms with Crippen LogP contribution in [0.25, 0.3) is 6.08 Å². The highest BCUT2D eigenvalue weighted by Crippen LogP contribution is 2.29. The predicted octanol–water partition coefficient (Wildman–Crippen LogP) is 4.12. The molecule has 5 heteroatoms. The molecule has 0 unspecified atom stereocenters. The van der Waals surface area contributed by atoms with Gasteiger partial charge in [-0.25, -0.2) is 0 Å². The summed E-state index contributed by atoms with van der Waals surface area (Å²) in [5.74, 6) is 0.640. The average Bonchev–Trinajstić information content (AvgIpc) is 2.59. The molecule has 4 nitrogen and oxygen atoms in total. The fourth-order valence-corrected chi connectivity index (χ4v) is 2.69. The fraction of sp³-hybridized carbons (Fsp3) is 0.200. The predicted molar refractivity (Wildman–Crippen MR) is 99.8 cm³/mol. The minimum Gasteiger partial charge on any atom is -0.488 e. The fourth-order valence-electron chi connectivity index (χ4n) is 2.51. The van der Waals surface area contributed by atoms with E-state index in [2.05, 4.69) is 4.99 Å². The highest BCUT2D eigenvalue weighted by molar-refractivity contribution is 6.30. The van der Waals surface area contributed by atoms with E-state index in [1.807, 2.05) is 50.3 Å². The maximum Gasteiger partial charge on any atom is 0.256 e. The Kier molecular flexibility index (Phi) is 5.19. The topological polar surface area (TPSA) is 43.6 Å². The van der Waals surface area contributed by atoms with Gasteiger partial charge in [-0.15, -0.1) is 0 Å². The van der Waals surface area contributed by atoms with Crippen LogP contribution in [0.15, 0.2) is 65.3 Å². The number of fused-ring (bicyclic) bond motifs is 1. The van der Waals surface area contributed by atoms with Crippen molar-refractivity contribution < 1.29 is 9.53 Å². The van der Waals surface area contributed by atoms with Crippen LogP contribution in [-0.2, 0) is 0 Å². The average molecular weight is 355 g/mol. The highest BCUT2D eigenvalue weighted by Gasteiger charge is 2.10. The molecule has 2 aromatic rings. The molecule has 0 fully saturated rings. The number of nitrogens with zero attached hydrogens (tertiary/aromatic N) is 2. The van der Waals surface area contributed by atoms with Gasteiger partial charge in [-0.3, -0.25) is 14.4 Å². The van der Waals surface area contributed by atoms with Gasteiger partial charge < -0.3 is 4.74 Å². The number of carbonyl (C=O) groups is 1. The Bertz CT molecular complexity index is 923. The van der Waals surface area contributed by atoms with Crippen molar-refractivity contribution in [2.45, 2.75) is 19.9 Å². The molecule has 1 aliphatic heterocycles. The number of hydrogen-bond donors (Lipinski definition) is 0. The standard InChI is InChI=1S/C20H19ClN2O2/c1-14(2)22-19-5-3-4-10-23(19)20(24)9-6-15-11-16-12-17(21)7-8-18(16)25-13-15/h3-12,14H,13H2,1-2H3/b9-6+,22-19?. The summed E-state index contributed by atoms with van der Waals surface area (Å²) < 4.78 is 7.22. The minimum absolute atomic E-state index is 0.112. The van der Waals surface area contributed by atoms with Gasteiger partial charge in [0.1, 0.15) is 17.8 Å². The first-order valence-corrected chi connectivity index (χ1v) is 8.47. The van der Waals surface area contributed by atoms with Crippen LogP contribution in [0.5, 0.6) is 5.75 Å². The van der Waals surface area contributed by atoms with Crippen LogP contribution in [0, 0.1) is 0 Å². The monoisotopic (exact) mass is 354 g/mol. The van der Waals surface area contributed by atoms with Crippen molar-refractivity contribution >= 4 is 23.6 Å². The lowest BCUT2D eigenvalue weighted by Crippen LogP contribution is -2.26. The molecule has 3 rings (SSSR count). The third-order valence-electron chi connectivity index (χ3n) is 3.61. The van der Waals surface area contributed by atoms with Gasteiger partial charge in [-0.1, -0.05) is 23.7 Å². The molecule has 0 saturated carbocycles. The number of benzene rings is 1. The summed E-state index contributed by atoms with van der Waals surface area (Å²) in [7, 11) is 0. The Labute approximate surface area is 151 Å². The van der Waals surface area contributed by atoms with Crippen LogP contribution in [0.4, 0.5) is 0 Å². The second-order valence-electron chi connectivity index (χ2n) is 6.01. The summed E-state index contributed by atoms with van der Waals surface area (Å²) in [6.45, 7) is 4.37. The molecule has 128 valence electrons. The van der Waals surface area contributed by atoms with E-state index >= 15 is 0 Å². The van der Waals surface area contributed by atoms with E-state index in [-0.39, 0.29) is 11.9 Å². The van der Waals surface area contributed by atoms with Crippen LogP contribution in [-0.4, -0.2) is 23.1 Å². The van der Waals surface area contributed by atoms with Gasteiger partial charge >= 0.3 is 0 Å². The molecule has 0 spiro atoms. The van der Waals surface area contributed by atoms with E-state index in [1.54, 1.807) is 18.3 Å². The van der Waals surface area contributed by atoms with E-state index in [4.69, 9.17) is 16.3 Å². The largest absolute Gasteiger partial charge is 0.488 e. The normalized spacial score (nSPS) is 14.4. The number of halogens is 1. The number of aromatic nitrogens is 1. The van der Waals surface area contributed by atoms with Gasteiger partial charge in [-0.05, 0) is 55.8 Å². The zero-order chi connectivity index (χ0) is 17.8. The van der Waals surface area contributed by atoms with Gasteiger partial charge in [-0.2, -0.15) is 0 Å². The van der Waals surface area contributed by atoms with Crippen molar-refractivity contribution in [3.05, 3.63) is 76.4 Å². The summed E-state index contributed by atoms with van der Waals surface area (Å²) in [6.07, 6.45) is 6.99. The molecular weight excluding hydrogens is 336 g/mol. The number of carbonyl (C=O) groups excluding carboxylic acids is 1. The molecular formula is C20H19ClN2O2. The molecule has 0 saturated heterocycles. The Morgan fingerprint density at radius 2 is 2.16 bits per heavy atom. The van der Waals surface area contributed by atoms with Gasteiger partial charge in [0.25, 0.3) is 5.91 Å². The Hall–Kier alpha value is -2.59. The zero-order valence-corrected chi connectivity index (χ0v) is 14.9. The molecule has 0 amide bonds. The molecule has 2 heterocycles. The van der Waals surface area contributed by atoms with E-state index in [0.717, 1.165) is 16.9 Å². The molecule has 0 aliphatic carbocycles. The van der Waals surface area contributed by atoms with Gasteiger partial charge in [0.05, 0.1) is 0 Å². The van der Waals surface area contributed by atoms with E-state index in [1.165, 1.54) is 10.6 Å². The molecule has 0 bridgehead atoms. The molecule has 1 aliphatic rings. The Morgan fingerprint density at radius 3 is 2.96 bits per heavy atom. The second-order valence-corrected chi connectivity index (χ2v) is 6.45. The summed E-state index contributed by atoms with van der Waals surface area (Å²) in [4.78, 5) is 17.0. The van der Waals surface area contributed by atoms with Crippen molar-refractivity contribution in [3.8, 4) is 5.75 Å². The lowest BCUT2D eigenvalue weighted by Gasteiger charge is -2.16. The Balaban J connectivity index is 1.85. The summed E-state index contributed by atoms with van der Waals surface area (Å²) >= 11 is 6.02. The first-order valence-electron chi connectivity index (χ1n) is 8.10. The molecule has 1 aromatic carbocycles. The van der Waals surface area contributed by atoms with Gasteiger partial charge in [0.2, 0.25) is 0 Å². The quantitative estimate of drug-likeness (QED) is 0.778. The third-order valence-corrected chi connectivity index (χ3v) is 3.85. The van der Waals surface area contributed by atoms with Crippen LogP contribution in [0.3, 0.4) is 0 Å². The molecule has 1 aromatic heterocycles. The summed E-state index contributed by atoms with van der Waals surface area (Å²) in [6, 6.07) is 11.1. The van der Waals surface area contributed by atoms with E-state index in [9.17, 15) is 4.79 Å². The Morgan fingerprint density at radius 1 is 1.32 bits per heavy atom. The molecule has 0 atom stereocenters. The maximum atomic E-state index is 12.5. The van der Waals surface area contributed by atoms with E-state index in [0.29, 0.717) is 17.1 Å². The summed E-state index contributed by atoms with van der Waals surface area (Å²) in [5, 5.41) is 0.652. The smallest absolute Gasteiger partial charge is 0.256 e. The first kappa shape index (κ1) is 17.2. The third kappa shape index (κ3) is 4.28. The SMILES string of the molecule is CC(C)N=c1ccccn1C(=O)/C=C/C1=Cc2cc(Cl)ccc2OC1.